The maximum atomic E-state index is 11.0. The summed E-state index contributed by atoms with van der Waals surface area (Å²) >= 11 is 4.12. The molecule has 1 aliphatic heterocycles. The minimum absolute atomic E-state index is 0.413. The summed E-state index contributed by atoms with van der Waals surface area (Å²) in [5.74, 6) is 2.18. The average molecular weight is 337 g/mol. The lowest BCUT2D eigenvalue weighted by Crippen LogP contribution is -2.14. The van der Waals surface area contributed by atoms with Gasteiger partial charge in [0.05, 0.1) is 0 Å². The lowest BCUT2D eigenvalue weighted by molar-refractivity contribution is 0.0684. The van der Waals surface area contributed by atoms with E-state index in [1.54, 1.807) is 6.07 Å². The quantitative estimate of drug-likeness (QED) is 0.862. The fraction of sp³-hybridized carbons (Fsp3) is 0.500. The molecule has 1 N–H and O–H groups in total. The van der Waals surface area contributed by atoms with Crippen LogP contribution in [0.15, 0.2) is 12.3 Å². The van der Waals surface area contributed by atoms with Crippen molar-refractivity contribution in [2.75, 3.05) is 11.5 Å². The van der Waals surface area contributed by atoms with Crippen molar-refractivity contribution in [2.45, 2.75) is 13.0 Å². The molecular weight excluding hydrogens is 325 g/mol. The van der Waals surface area contributed by atoms with E-state index in [9.17, 15) is 4.79 Å². The predicted molar refractivity (Wildman–Crippen MR) is 69.5 cm³/mol. The van der Waals surface area contributed by atoms with E-state index in [-0.39, 0.29) is 0 Å². The van der Waals surface area contributed by atoms with E-state index in [0.717, 1.165) is 15.9 Å². The molecule has 2 heterocycles. The molecule has 1 fully saturated rings. The third-order valence-corrected chi connectivity index (χ3v) is 4.38. The average Bonchev–Trinajstić information content (AvgIpc) is 2.75. The van der Waals surface area contributed by atoms with Crippen LogP contribution in [0.4, 0.5) is 0 Å². The second-order valence-electron chi connectivity index (χ2n) is 3.73. The summed E-state index contributed by atoms with van der Waals surface area (Å²) < 4.78 is 2.87. The van der Waals surface area contributed by atoms with Crippen LogP contribution in [-0.4, -0.2) is 27.1 Å². The normalized spacial score (nSPS) is 20.7. The predicted octanol–water partition coefficient (Wildman–Crippen LogP) is 2.54. The van der Waals surface area contributed by atoms with Gasteiger partial charge in [-0.05, 0) is 52.5 Å². The van der Waals surface area contributed by atoms with Crippen LogP contribution in [0, 0.1) is 9.49 Å². The van der Waals surface area contributed by atoms with Crippen LogP contribution in [0.25, 0.3) is 0 Å². The van der Waals surface area contributed by atoms with Crippen molar-refractivity contribution < 1.29 is 9.90 Å². The standard InChI is InChI=1S/C10H12INO2S/c11-8-3-9(10(13)14)12(5-8)4-7-1-2-15-6-7/h3,5,7H,1-2,4,6H2,(H,13,14). The van der Waals surface area contributed by atoms with Gasteiger partial charge in [-0.2, -0.15) is 11.8 Å². The van der Waals surface area contributed by atoms with Crippen molar-refractivity contribution in [3.05, 3.63) is 21.5 Å². The van der Waals surface area contributed by atoms with Gasteiger partial charge < -0.3 is 9.67 Å². The lowest BCUT2D eigenvalue weighted by Gasteiger charge is -2.11. The second-order valence-corrected chi connectivity index (χ2v) is 6.13. The molecule has 0 saturated carbocycles. The minimum Gasteiger partial charge on any atom is -0.477 e. The monoisotopic (exact) mass is 337 g/mol. The first-order valence-electron chi connectivity index (χ1n) is 4.83. The van der Waals surface area contributed by atoms with Gasteiger partial charge in [-0.1, -0.05) is 0 Å². The van der Waals surface area contributed by atoms with E-state index in [4.69, 9.17) is 5.11 Å². The van der Waals surface area contributed by atoms with Crippen molar-refractivity contribution in [3.63, 3.8) is 0 Å². The summed E-state index contributed by atoms with van der Waals surface area (Å²) in [6, 6.07) is 1.73. The molecule has 1 aromatic heterocycles. The first-order valence-corrected chi connectivity index (χ1v) is 7.07. The van der Waals surface area contributed by atoms with Crippen molar-refractivity contribution in [1.82, 2.24) is 4.57 Å². The number of nitrogens with zero attached hydrogens (tertiary/aromatic N) is 1. The van der Waals surface area contributed by atoms with Gasteiger partial charge >= 0.3 is 5.97 Å². The Balaban J connectivity index is 2.15. The van der Waals surface area contributed by atoms with Gasteiger partial charge in [0.1, 0.15) is 5.69 Å². The lowest BCUT2D eigenvalue weighted by atomic mass is 10.1. The summed E-state index contributed by atoms with van der Waals surface area (Å²) in [4.78, 5) is 11.0. The zero-order valence-electron chi connectivity index (χ0n) is 8.15. The molecule has 0 aromatic carbocycles. The van der Waals surface area contributed by atoms with E-state index >= 15 is 0 Å². The van der Waals surface area contributed by atoms with Crippen molar-refractivity contribution in [3.8, 4) is 0 Å². The van der Waals surface area contributed by atoms with Crippen LogP contribution in [0.5, 0.6) is 0 Å². The van der Waals surface area contributed by atoms with E-state index < -0.39 is 5.97 Å². The van der Waals surface area contributed by atoms with Gasteiger partial charge in [-0.3, -0.25) is 0 Å². The Hall–Kier alpha value is -0.170. The number of rotatable bonds is 3. The highest BCUT2D eigenvalue weighted by Gasteiger charge is 2.19. The molecule has 5 heteroatoms. The van der Waals surface area contributed by atoms with Gasteiger partial charge in [0.2, 0.25) is 0 Å². The molecule has 3 nitrogen and oxygen atoms in total. The number of aromatic carboxylic acids is 1. The summed E-state index contributed by atoms with van der Waals surface area (Å²) in [7, 11) is 0. The van der Waals surface area contributed by atoms with Crippen LogP contribution in [0.2, 0.25) is 0 Å². The second kappa shape index (κ2) is 4.78. The molecule has 15 heavy (non-hydrogen) atoms. The smallest absolute Gasteiger partial charge is 0.352 e. The first-order chi connectivity index (χ1) is 7.16. The van der Waals surface area contributed by atoms with Crippen LogP contribution in [0.3, 0.4) is 0 Å². The fourth-order valence-corrected chi connectivity index (χ4v) is 3.71. The van der Waals surface area contributed by atoms with Crippen LogP contribution >= 0.6 is 34.4 Å². The number of aromatic nitrogens is 1. The fourth-order valence-electron chi connectivity index (χ4n) is 1.81. The van der Waals surface area contributed by atoms with Crippen LogP contribution < -0.4 is 0 Å². The number of carboxylic acids is 1. The minimum atomic E-state index is -0.830. The molecule has 0 spiro atoms. The number of thioether (sulfide) groups is 1. The Labute approximate surface area is 106 Å². The molecule has 1 saturated heterocycles. The van der Waals surface area contributed by atoms with E-state index in [1.807, 2.05) is 22.5 Å². The number of hydrogen-bond acceptors (Lipinski definition) is 2. The highest BCUT2D eigenvalue weighted by atomic mass is 127. The van der Waals surface area contributed by atoms with E-state index in [1.165, 1.54) is 12.2 Å². The first kappa shape index (κ1) is 11.3. The molecule has 0 aliphatic carbocycles. The Morgan fingerprint density at radius 2 is 2.53 bits per heavy atom. The molecule has 1 aliphatic rings. The number of carboxylic acid groups (broad SMARTS) is 1. The van der Waals surface area contributed by atoms with Gasteiger partial charge in [0.25, 0.3) is 0 Å². The van der Waals surface area contributed by atoms with Crippen molar-refractivity contribution in [2.24, 2.45) is 5.92 Å². The molecule has 1 unspecified atom stereocenters. The summed E-state index contributed by atoms with van der Waals surface area (Å²) in [6.07, 6.45) is 3.13. The molecule has 2 rings (SSSR count). The van der Waals surface area contributed by atoms with Gasteiger partial charge in [-0.25, -0.2) is 4.79 Å². The molecule has 1 atom stereocenters. The van der Waals surface area contributed by atoms with Crippen molar-refractivity contribution in [1.29, 1.82) is 0 Å². The molecule has 0 bridgehead atoms. The van der Waals surface area contributed by atoms with Crippen LogP contribution in [-0.2, 0) is 6.54 Å². The van der Waals surface area contributed by atoms with Crippen molar-refractivity contribution >= 4 is 40.3 Å². The Morgan fingerprint density at radius 1 is 1.73 bits per heavy atom. The van der Waals surface area contributed by atoms with Gasteiger partial charge in [0.15, 0.2) is 0 Å². The van der Waals surface area contributed by atoms with Crippen LogP contribution in [0.1, 0.15) is 16.9 Å². The maximum absolute atomic E-state index is 11.0. The zero-order valence-corrected chi connectivity index (χ0v) is 11.1. The molecule has 0 amide bonds. The molecule has 0 radical (unpaired) electrons. The Bertz CT molecular complexity index is 371. The summed E-state index contributed by atoms with van der Waals surface area (Å²) in [5, 5.41) is 9.02. The molecule has 82 valence electrons. The topological polar surface area (TPSA) is 42.2 Å². The molecular formula is C10H12INO2S. The van der Waals surface area contributed by atoms with E-state index in [0.29, 0.717) is 11.6 Å². The van der Waals surface area contributed by atoms with Gasteiger partial charge in [-0.15, -0.1) is 0 Å². The SMILES string of the molecule is O=C(O)c1cc(I)cn1CC1CCSC1. The number of hydrogen-bond donors (Lipinski definition) is 1. The third kappa shape index (κ3) is 2.69. The highest BCUT2D eigenvalue weighted by Crippen LogP contribution is 2.26. The van der Waals surface area contributed by atoms with Gasteiger partial charge in [0, 0.05) is 16.3 Å². The van der Waals surface area contributed by atoms with E-state index in [2.05, 4.69) is 22.6 Å². The number of carbonyl (C=O) groups is 1. The summed E-state index contributed by atoms with van der Waals surface area (Å²) in [5.41, 5.74) is 0.413. The third-order valence-electron chi connectivity index (χ3n) is 2.56. The molecule has 1 aromatic rings. The Morgan fingerprint density at radius 3 is 3.13 bits per heavy atom. The number of halogens is 1. The summed E-state index contributed by atoms with van der Waals surface area (Å²) in [6.45, 7) is 0.845. The maximum Gasteiger partial charge on any atom is 0.352 e. The Kier molecular flexibility index (Phi) is 3.60. The highest BCUT2D eigenvalue weighted by molar-refractivity contribution is 14.1. The zero-order chi connectivity index (χ0) is 10.8. The largest absolute Gasteiger partial charge is 0.477 e.